The van der Waals surface area contributed by atoms with Gasteiger partial charge in [-0.1, -0.05) is 32.0 Å². The van der Waals surface area contributed by atoms with Gasteiger partial charge >= 0.3 is 0 Å². The fourth-order valence-electron chi connectivity index (χ4n) is 2.08. The molecule has 19 heavy (non-hydrogen) atoms. The van der Waals surface area contributed by atoms with E-state index in [1.807, 2.05) is 19.9 Å². The third-order valence-electron chi connectivity index (χ3n) is 3.21. The van der Waals surface area contributed by atoms with Crippen molar-refractivity contribution in [1.29, 1.82) is 0 Å². The van der Waals surface area contributed by atoms with E-state index in [0.29, 0.717) is 22.5 Å². The first-order valence-electron chi connectivity index (χ1n) is 6.26. The van der Waals surface area contributed by atoms with Gasteiger partial charge < -0.3 is 11.5 Å². The molecule has 1 heterocycles. The van der Waals surface area contributed by atoms with Gasteiger partial charge in [0.1, 0.15) is 11.6 Å². The average molecular weight is 259 g/mol. The second-order valence-electron chi connectivity index (χ2n) is 4.89. The van der Waals surface area contributed by atoms with Crippen molar-refractivity contribution in [3.05, 3.63) is 59.0 Å². The molecule has 1 atom stereocenters. The van der Waals surface area contributed by atoms with Crippen LogP contribution in [0.4, 0.5) is 10.2 Å². The Morgan fingerprint density at radius 3 is 2.47 bits per heavy atom. The van der Waals surface area contributed by atoms with E-state index in [9.17, 15) is 4.39 Å². The summed E-state index contributed by atoms with van der Waals surface area (Å²) in [6.07, 6.45) is 1.61. The molecule has 1 unspecified atom stereocenters. The van der Waals surface area contributed by atoms with Gasteiger partial charge in [0, 0.05) is 11.8 Å². The minimum atomic E-state index is -0.468. The van der Waals surface area contributed by atoms with Crippen LogP contribution in [-0.2, 0) is 0 Å². The van der Waals surface area contributed by atoms with Gasteiger partial charge in [0.05, 0.1) is 6.04 Å². The van der Waals surface area contributed by atoms with Crippen LogP contribution in [0, 0.1) is 5.82 Å². The van der Waals surface area contributed by atoms with Crippen LogP contribution < -0.4 is 11.5 Å². The molecule has 0 fully saturated rings. The van der Waals surface area contributed by atoms with Crippen LogP contribution in [0.5, 0.6) is 0 Å². The zero-order valence-electron chi connectivity index (χ0n) is 11.1. The zero-order valence-corrected chi connectivity index (χ0v) is 11.1. The molecule has 0 spiro atoms. The van der Waals surface area contributed by atoms with E-state index in [1.165, 1.54) is 6.07 Å². The van der Waals surface area contributed by atoms with Crippen molar-refractivity contribution in [2.75, 3.05) is 5.73 Å². The van der Waals surface area contributed by atoms with E-state index in [-0.39, 0.29) is 11.7 Å². The highest BCUT2D eigenvalue weighted by Gasteiger charge is 2.15. The molecule has 0 saturated heterocycles. The molecule has 0 aliphatic carbocycles. The fourth-order valence-corrected chi connectivity index (χ4v) is 2.08. The lowest BCUT2D eigenvalue weighted by atomic mass is 9.95. The quantitative estimate of drug-likeness (QED) is 0.890. The molecule has 3 nitrogen and oxygen atoms in total. The van der Waals surface area contributed by atoms with Crippen LogP contribution in [0.2, 0.25) is 0 Å². The molecule has 0 radical (unpaired) electrons. The summed E-state index contributed by atoms with van der Waals surface area (Å²) >= 11 is 0. The Kier molecular flexibility index (Phi) is 3.81. The Hall–Kier alpha value is -1.94. The van der Waals surface area contributed by atoms with Gasteiger partial charge in [0.25, 0.3) is 0 Å². The molecule has 0 amide bonds. The summed E-state index contributed by atoms with van der Waals surface area (Å²) in [5, 5.41) is 0. The van der Waals surface area contributed by atoms with Crippen molar-refractivity contribution in [3.8, 4) is 0 Å². The molecule has 100 valence electrons. The molecule has 1 aromatic carbocycles. The molecule has 0 aliphatic rings. The highest BCUT2D eigenvalue weighted by molar-refractivity contribution is 5.45. The minimum Gasteiger partial charge on any atom is -0.383 e. The second-order valence-corrected chi connectivity index (χ2v) is 4.89. The molecule has 2 rings (SSSR count). The predicted molar refractivity (Wildman–Crippen MR) is 75.2 cm³/mol. The van der Waals surface area contributed by atoms with E-state index in [4.69, 9.17) is 11.5 Å². The summed E-state index contributed by atoms with van der Waals surface area (Å²) in [6.45, 7) is 3.91. The van der Waals surface area contributed by atoms with Gasteiger partial charge in [-0.25, -0.2) is 9.37 Å². The number of nitrogens with zero attached hydrogens (tertiary/aromatic N) is 1. The number of benzene rings is 1. The third-order valence-corrected chi connectivity index (χ3v) is 3.21. The van der Waals surface area contributed by atoms with Crippen molar-refractivity contribution in [3.63, 3.8) is 0 Å². The number of hydrogen-bond donors (Lipinski definition) is 2. The summed E-state index contributed by atoms with van der Waals surface area (Å²) < 4.78 is 14.0. The van der Waals surface area contributed by atoms with Crippen LogP contribution in [0.3, 0.4) is 0 Å². The van der Waals surface area contributed by atoms with E-state index in [2.05, 4.69) is 4.98 Å². The average Bonchev–Trinajstić information content (AvgIpc) is 2.38. The highest BCUT2D eigenvalue weighted by Crippen LogP contribution is 2.26. The summed E-state index contributed by atoms with van der Waals surface area (Å²) in [7, 11) is 0. The zero-order chi connectivity index (χ0) is 14.0. The smallest absolute Gasteiger partial charge is 0.128 e. The van der Waals surface area contributed by atoms with Gasteiger partial charge in [0.15, 0.2) is 0 Å². The van der Waals surface area contributed by atoms with Crippen molar-refractivity contribution in [2.45, 2.75) is 25.8 Å². The van der Waals surface area contributed by atoms with Crippen LogP contribution in [0.1, 0.15) is 42.5 Å². The monoisotopic (exact) mass is 259 g/mol. The lowest BCUT2D eigenvalue weighted by Crippen LogP contribution is -2.15. The summed E-state index contributed by atoms with van der Waals surface area (Å²) in [5.74, 6) is 0.294. The maximum Gasteiger partial charge on any atom is 0.128 e. The van der Waals surface area contributed by atoms with E-state index >= 15 is 0 Å². The number of nitrogen functional groups attached to an aromatic ring is 1. The Morgan fingerprint density at radius 1 is 1.16 bits per heavy atom. The molecular weight excluding hydrogens is 241 g/mol. The molecule has 0 aliphatic heterocycles. The molecule has 2 aromatic rings. The summed E-state index contributed by atoms with van der Waals surface area (Å²) in [4.78, 5) is 4.00. The largest absolute Gasteiger partial charge is 0.383 e. The SMILES string of the molecule is CC(C)c1ccc(C(N)c2cccnc2N)cc1F. The third kappa shape index (κ3) is 2.74. The minimum absolute atomic E-state index is 0.147. The molecule has 1 aromatic heterocycles. The van der Waals surface area contributed by atoms with Gasteiger partial charge in [-0.2, -0.15) is 0 Å². The standard InChI is InChI=1S/C15H18FN3/c1-9(2)11-6-5-10(8-13(11)16)14(17)12-4-3-7-19-15(12)18/h3-9,14H,17H2,1-2H3,(H2,18,19). The number of halogens is 1. The van der Waals surface area contributed by atoms with Gasteiger partial charge in [-0.15, -0.1) is 0 Å². The van der Waals surface area contributed by atoms with Crippen LogP contribution >= 0.6 is 0 Å². The highest BCUT2D eigenvalue weighted by atomic mass is 19.1. The van der Waals surface area contributed by atoms with Crippen molar-refractivity contribution in [2.24, 2.45) is 5.73 Å². The Morgan fingerprint density at radius 2 is 1.89 bits per heavy atom. The number of nitrogens with two attached hydrogens (primary N) is 2. The maximum atomic E-state index is 14.0. The van der Waals surface area contributed by atoms with Gasteiger partial charge in [0.2, 0.25) is 0 Å². The van der Waals surface area contributed by atoms with Gasteiger partial charge in [-0.3, -0.25) is 0 Å². The summed E-state index contributed by atoms with van der Waals surface area (Å²) in [6, 6.07) is 8.21. The van der Waals surface area contributed by atoms with E-state index in [0.717, 1.165) is 0 Å². The van der Waals surface area contributed by atoms with Gasteiger partial charge in [-0.05, 0) is 29.2 Å². The topological polar surface area (TPSA) is 64.9 Å². The molecule has 0 bridgehead atoms. The maximum absolute atomic E-state index is 14.0. The number of pyridine rings is 1. The molecule has 4 N–H and O–H groups in total. The van der Waals surface area contributed by atoms with Crippen molar-refractivity contribution < 1.29 is 4.39 Å². The Labute approximate surface area is 112 Å². The lowest BCUT2D eigenvalue weighted by Gasteiger charge is -2.16. The normalized spacial score (nSPS) is 12.7. The van der Waals surface area contributed by atoms with Crippen LogP contribution in [0.15, 0.2) is 36.5 Å². The van der Waals surface area contributed by atoms with Crippen molar-refractivity contribution in [1.82, 2.24) is 4.98 Å². The Bertz CT molecular complexity index is 581. The number of aromatic nitrogens is 1. The molecule has 4 heteroatoms. The first-order valence-corrected chi connectivity index (χ1v) is 6.26. The number of anilines is 1. The number of rotatable bonds is 3. The fraction of sp³-hybridized carbons (Fsp3) is 0.267. The van der Waals surface area contributed by atoms with Crippen LogP contribution in [-0.4, -0.2) is 4.98 Å². The van der Waals surface area contributed by atoms with E-state index in [1.54, 1.807) is 24.4 Å². The first-order chi connectivity index (χ1) is 9.00. The first kappa shape index (κ1) is 13.5. The second kappa shape index (κ2) is 5.36. The predicted octanol–water partition coefficient (Wildman–Crippen LogP) is 2.97. The molecular formula is C15H18FN3. The van der Waals surface area contributed by atoms with Crippen LogP contribution in [0.25, 0.3) is 0 Å². The Balaban J connectivity index is 2.38. The van der Waals surface area contributed by atoms with Crippen molar-refractivity contribution >= 4 is 5.82 Å². The van der Waals surface area contributed by atoms with E-state index < -0.39 is 6.04 Å². The molecule has 0 saturated carbocycles. The number of hydrogen-bond acceptors (Lipinski definition) is 3. The summed E-state index contributed by atoms with van der Waals surface area (Å²) in [5.41, 5.74) is 14.0. The lowest BCUT2D eigenvalue weighted by molar-refractivity contribution is 0.594.